The van der Waals surface area contributed by atoms with Crippen LogP contribution in [0.5, 0.6) is 0 Å². The minimum absolute atomic E-state index is 0.0113. The predicted molar refractivity (Wildman–Crippen MR) is 109 cm³/mol. The third-order valence-corrected chi connectivity index (χ3v) is 5.97. The second-order valence-electron chi connectivity index (χ2n) is 7.75. The first-order valence-electron chi connectivity index (χ1n) is 10.0. The van der Waals surface area contributed by atoms with Crippen LogP contribution in [0.25, 0.3) is 0 Å². The Morgan fingerprint density at radius 3 is 1.43 bits per heavy atom. The van der Waals surface area contributed by atoms with Crippen LogP contribution in [0, 0.1) is 23.7 Å². The molecular formula is C24H26N2O2. The highest BCUT2D eigenvalue weighted by Gasteiger charge is 2.47. The van der Waals surface area contributed by atoms with E-state index in [-0.39, 0.29) is 35.5 Å². The predicted octanol–water partition coefficient (Wildman–Crippen LogP) is 3.45. The number of carbonyl (C=O) groups excluding carboxylic acids is 2. The Bertz CT molecular complexity index is 776. The van der Waals surface area contributed by atoms with Crippen LogP contribution in [-0.2, 0) is 22.7 Å². The van der Waals surface area contributed by atoms with Crippen LogP contribution in [-0.4, -0.2) is 11.8 Å². The van der Waals surface area contributed by atoms with Gasteiger partial charge >= 0.3 is 0 Å². The van der Waals surface area contributed by atoms with Gasteiger partial charge in [-0.05, 0) is 35.8 Å². The number of amides is 2. The number of carbonyl (C=O) groups is 2. The zero-order valence-corrected chi connectivity index (χ0v) is 15.9. The van der Waals surface area contributed by atoms with Crippen LogP contribution < -0.4 is 10.6 Å². The SMILES string of the molecule is O=C(NCc1ccccc1)[C@@H]1[C@@H](C(=O)NCc2ccccc2)[C@H]2C=C[C@H]1CC2. The van der Waals surface area contributed by atoms with E-state index in [2.05, 4.69) is 22.8 Å². The van der Waals surface area contributed by atoms with Crippen molar-refractivity contribution in [3.05, 3.63) is 83.9 Å². The van der Waals surface area contributed by atoms with Crippen LogP contribution in [0.2, 0.25) is 0 Å². The fraction of sp³-hybridized carbons (Fsp3) is 0.333. The van der Waals surface area contributed by atoms with Gasteiger partial charge in [-0.3, -0.25) is 9.59 Å². The average molecular weight is 374 g/mol. The zero-order valence-electron chi connectivity index (χ0n) is 15.9. The standard InChI is InChI=1S/C24H26N2O2/c27-23(25-15-17-7-3-1-4-8-17)21-19-11-13-20(14-12-19)22(21)24(28)26-16-18-9-5-2-6-10-18/h1-11,13,19-22H,12,14-16H2,(H,25,27)(H,26,28)/t19-,20-,21-,22-/m0/s1. The molecule has 144 valence electrons. The van der Waals surface area contributed by atoms with E-state index in [9.17, 15) is 9.59 Å². The topological polar surface area (TPSA) is 58.2 Å². The molecule has 1 fully saturated rings. The number of benzene rings is 2. The lowest BCUT2D eigenvalue weighted by Gasteiger charge is -2.43. The number of allylic oxidation sites excluding steroid dienone is 2. The first-order valence-corrected chi connectivity index (χ1v) is 10.0. The van der Waals surface area contributed by atoms with Crippen molar-refractivity contribution in [3.8, 4) is 0 Å². The molecule has 0 aliphatic heterocycles. The third-order valence-electron chi connectivity index (χ3n) is 5.97. The van der Waals surface area contributed by atoms with Crippen LogP contribution in [0.15, 0.2) is 72.8 Å². The van der Waals surface area contributed by atoms with Crippen molar-refractivity contribution in [1.29, 1.82) is 0 Å². The summed E-state index contributed by atoms with van der Waals surface area (Å²) >= 11 is 0. The highest BCUT2D eigenvalue weighted by Crippen LogP contribution is 2.45. The Balaban J connectivity index is 1.44. The molecule has 2 aromatic carbocycles. The molecule has 2 amide bonds. The molecule has 5 rings (SSSR count). The molecule has 2 N–H and O–H groups in total. The van der Waals surface area contributed by atoms with E-state index in [1.807, 2.05) is 60.7 Å². The Hall–Kier alpha value is -2.88. The highest BCUT2D eigenvalue weighted by atomic mass is 16.2. The van der Waals surface area contributed by atoms with E-state index in [0.717, 1.165) is 24.0 Å². The molecule has 4 atom stereocenters. The molecule has 0 unspecified atom stereocenters. The fourth-order valence-electron chi connectivity index (χ4n) is 4.51. The lowest BCUT2D eigenvalue weighted by molar-refractivity contribution is -0.140. The van der Waals surface area contributed by atoms with E-state index in [0.29, 0.717) is 13.1 Å². The second-order valence-corrected chi connectivity index (χ2v) is 7.75. The van der Waals surface area contributed by atoms with Crippen LogP contribution >= 0.6 is 0 Å². The summed E-state index contributed by atoms with van der Waals surface area (Å²) < 4.78 is 0. The summed E-state index contributed by atoms with van der Waals surface area (Å²) in [7, 11) is 0. The monoisotopic (exact) mass is 374 g/mol. The molecule has 0 radical (unpaired) electrons. The molecule has 0 saturated heterocycles. The molecule has 4 heteroatoms. The van der Waals surface area contributed by atoms with Gasteiger partial charge in [0.2, 0.25) is 11.8 Å². The van der Waals surface area contributed by atoms with Gasteiger partial charge in [0.15, 0.2) is 0 Å². The van der Waals surface area contributed by atoms with E-state index in [1.165, 1.54) is 0 Å². The van der Waals surface area contributed by atoms with E-state index in [1.54, 1.807) is 0 Å². The van der Waals surface area contributed by atoms with Crippen molar-refractivity contribution in [2.75, 3.05) is 0 Å². The second kappa shape index (κ2) is 8.42. The lowest BCUT2D eigenvalue weighted by atomic mass is 9.61. The highest BCUT2D eigenvalue weighted by molar-refractivity contribution is 5.89. The number of rotatable bonds is 6. The zero-order chi connectivity index (χ0) is 19.3. The molecule has 1 saturated carbocycles. The average Bonchev–Trinajstić information content (AvgIpc) is 2.77. The number of hydrogen-bond acceptors (Lipinski definition) is 2. The molecule has 2 aromatic rings. The Morgan fingerprint density at radius 1 is 0.679 bits per heavy atom. The minimum Gasteiger partial charge on any atom is -0.352 e. The summed E-state index contributed by atoms with van der Waals surface area (Å²) in [6.45, 7) is 0.991. The number of fused-ring (bicyclic) bond motifs is 2. The number of nitrogens with one attached hydrogen (secondary N) is 2. The minimum atomic E-state index is -0.289. The summed E-state index contributed by atoms with van der Waals surface area (Å²) in [5, 5.41) is 6.12. The summed E-state index contributed by atoms with van der Waals surface area (Å²) in [5.74, 6) is -0.307. The maximum atomic E-state index is 13.0. The lowest BCUT2D eigenvalue weighted by Crippen LogP contribution is -2.51. The van der Waals surface area contributed by atoms with Gasteiger partial charge in [0.1, 0.15) is 0 Å². The van der Waals surface area contributed by atoms with Gasteiger partial charge in [-0.2, -0.15) is 0 Å². The Morgan fingerprint density at radius 2 is 1.07 bits per heavy atom. The quantitative estimate of drug-likeness (QED) is 0.761. The van der Waals surface area contributed by atoms with Gasteiger partial charge in [-0.25, -0.2) is 0 Å². The number of hydrogen-bond donors (Lipinski definition) is 2. The van der Waals surface area contributed by atoms with Gasteiger partial charge in [0.25, 0.3) is 0 Å². The van der Waals surface area contributed by atoms with Crippen LogP contribution in [0.4, 0.5) is 0 Å². The van der Waals surface area contributed by atoms with E-state index >= 15 is 0 Å². The van der Waals surface area contributed by atoms with Gasteiger partial charge in [0.05, 0.1) is 11.8 Å². The first-order chi connectivity index (χ1) is 13.7. The van der Waals surface area contributed by atoms with Crippen LogP contribution in [0.3, 0.4) is 0 Å². The summed E-state index contributed by atoms with van der Waals surface area (Å²) in [6, 6.07) is 19.8. The summed E-state index contributed by atoms with van der Waals surface area (Å²) in [6.07, 6.45) is 6.24. The van der Waals surface area contributed by atoms with E-state index in [4.69, 9.17) is 0 Å². The first kappa shape index (κ1) is 18.5. The van der Waals surface area contributed by atoms with E-state index < -0.39 is 0 Å². The molecule has 4 nitrogen and oxygen atoms in total. The molecule has 2 bridgehead atoms. The third kappa shape index (κ3) is 4.01. The summed E-state index contributed by atoms with van der Waals surface area (Å²) in [4.78, 5) is 26.1. The van der Waals surface area contributed by atoms with Crippen LogP contribution in [0.1, 0.15) is 24.0 Å². The van der Waals surface area contributed by atoms with Crippen molar-refractivity contribution >= 4 is 11.8 Å². The van der Waals surface area contributed by atoms with Gasteiger partial charge in [-0.1, -0.05) is 72.8 Å². The molecule has 3 aliphatic rings. The molecule has 3 aliphatic carbocycles. The normalized spacial score (nSPS) is 25.3. The van der Waals surface area contributed by atoms with Crippen molar-refractivity contribution in [3.63, 3.8) is 0 Å². The van der Waals surface area contributed by atoms with Gasteiger partial charge < -0.3 is 10.6 Å². The molecule has 0 heterocycles. The maximum Gasteiger partial charge on any atom is 0.224 e. The molecule has 0 spiro atoms. The van der Waals surface area contributed by atoms with Crippen molar-refractivity contribution in [1.82, 2.24) is 10.6 Å². The molecule has 28 heavy (non-hydrogen) atoms. The van der Waals surface area contributed by atoms with Gasteiger partial charge in [-0.15, -0.1) is 0 Å². The maximum absolute atomic E-state index is 13.0. The van der Waals surface area contributed by atoms with Crippen molar-refractivity contribution in [2.45, 2.75) is 25.9 Å². The summed E-state index contributed by atoms with van der Waals surface area (Å²) in [5.41, 5.74) is 2.13. The Kier molecular flexibility index (Phi) is 5.56. The smallest absolute Gasteiger partial charge is 0.224 e. The fourth-order valence-corrected chi connectivity index (χ4v) is 4.51. The van der Waals surface area contributed by atoms with Crippen molar-refractivity contribution < 1.29 is 9.59 Å². The molecule has 0 aromatic heterocycles. The van der Waals surface area contributed by atoms with Gasteiger partial charge in [0, 0.05) is 13.1 Å². The Labute approximate surface area is 166 Å². The van der Waals surface area contributed by atoms with Crippen molar-refractivity contribution in [2.24, 2.45) is 23.7 Å². The largest absolute Gasteiger partial charge is 0.352 e. The molecular weight excluding hydrogens is 348 g/mol.